The highest BCUT2D eigenvalue weighted by atomic mass is 16.3. The van der Waals surface area contributed by atoms with Crippen molar-refractivity contribution in [2.75, 3.05) is 5.73 Å². The number of nitrogen functional groups attached to an aromatic ring is 1. The number of imidazole rings is 1. The lowest BCUT2D eigenvalue weighted by molar-refractivity contribution is 0.260. The number of nitrogens with zero attached hydrogens (tertiary/aromatic N) is 2. The lowest BCUT2D eigenvalue weighted by Gasteiger charge is -2.17. The van der Waals surface area contributed by atoms with Gasteiger partial charge in [0.1, 0.15) is 12.4 Å². The fraction of sp³-hybridized carbons (Fsp3) is 0.562. The van der Waals surface area contributed by atoms with Gasteiger partial charge in [0.25, 0.3) is 0 Å². The van der Waals surface area contributed by atoms with Crippen molar-refractivity contribution in [3.8, 4) is 0 Å². The first-order valence-electron chi connectivity index (χ1n) is 7.55. The van der Waals surface area contributed by atoms with E-state index in [9.17, 15) is 5.11 Å². The van der Waals surface area contributed by atoms with Crippen LogP contribution in [0.15, 0.2) is 18.2 Å². The van der Waals surface area contributed by atoms with Gasteiger partial charge in [-0.2, -0.15) is 0 Å². The molecule has 4 nitrogen and oxygen atoms in total. The zero-order valence-corrected chi connectivity index (χ0v) is 12.5. The molecule has 0 saturated heterocycles. The topological polar surface area (TPSA) is 64.1 Å². The molecule has 1 atom stereocenters. The highest BCUT2D eigenvalue weighted by molar-refractivity contribution is 5.79. The maximum Gasteiger partial charge on any atom is 0.135 e. The van der Waals surface area contributed by atoms with Crippen LogP contribution in [0.1, 0.15) is 45.4 Å². The summed E-state index contributed by atoms with van der Waals surface area (Å²) < 4.78 is 2.15. The molecule has 4 heteroatoms. The predicted molar refractivity (Wildman–Crippen MR) is 83.4 cm³/mol. The minimum Gasteiger partial charge on any atom is -0.399 e. The molecule has 0 saturated carbocycles. The molecule has 0 radical (unpaired) electrons. The monoisotopic (exact) mass is 275 g/mol. The highest BCUT2D eigenvalue weighted by Crippen LogP contribution is 2.23. The smallest absolute Gasteiger partial charge is 0.135 e. The van der Waals surface area contributed by atoms with Gasteiger partial charge in [-0.3, -0.25) is 0 Å². The molecule has 1 heterocycles. The lowest BCUT2D eigenvalue weighted by atomic mass is 9.99. The van der Waals surface area contributed by atoms with Crippen molar-refractivity contribution < 1.29 is 5.11 Å². The zero-order chi connectivity index (χ0) is 14.5. The van der Waals surface area contributed by atoms with Crippen molar-refractivity contribution in [2.24, 2.45) is 5.92 Å². The Balaban J connectivity index is 2.31. The second-order valence-electron chi connectivity index (χ2n) is 5.46. The van der Waals surface area contributed by atoms with Crippen LogP contribution in [0.25, 0.3) is 11.0 Å². The van der Waals surface area contributed by atoms with Gasteiger partial charge in [0.15, 0.2) is 0 Å². The number of fused-ring (bicyclic) bond motifs is 1. The van der Waals surface area contributed by atoms with Crippen LogP contribution in [0.3, 0.4) is 0 Å². The number of aliphatic hydroxyl groups is 1. The average molecular weight is 275 g/mol. The summed E-state index contributed by atoms with van der Waals surface area (Å²) in [6.45, 7) is 5.35. The van der Waals surface area contributed by atoms with Gasteiger partial charge in [0.2, 0.25) is 0 Å². The SMILES string of the molecule is CCCCC(CC)Cn1c(CO)nc2cc(N)ccc21. The Labute approximate surface area is 120 Å². The molecular weight excluding hydrogens is 250 g/mol. The lowest BCUT2D eigenvalue weighted by Crippen LogP contribution is -2.13. The molecule has 1 unspecified atom stereocenters. The molecular formula is C16H25N3O. The summed E-state index contributed by atoms with van der Waals surface area (Å²) in [5.41, 5.74) is 8.46. The second kappa shape index (κ2) is 6.75. The van der Waals surface area contributed by atoms with Crippen molar-refractivity contribution in [2.45, 2.75) is 52.7 Å². The van der Waals surface area contributed by atoms with Crippen molar-refractivity contribution >= 4 is 16.7 Å². The highest BCUT2D eigenvalue weighted by Gasteiger charge is 2.14. The number of benzene rings is 1. The molecule has 0 fully saturated rings. The predicted octanol–water partition coefficient (Wildman–Crippen LogP) is 3.33. The van der Waals surface area contributed by atoms with Crippen LogP contribution in [-0.2, 0) is 13.2 Å². The first-order valence-corrected chi connectivity index (χ1v) is 7.55. The third-order valence-electron chi connectivity index (χ3n) is 3.98. The maximum absolute atomic E-state index is 9.54. The number of unbranched alkanes of at least 4 members (excludes halogenated alkanes) is 1. The first-order chi connectivity index (χ1) is 9.69. The summed E-state index contributed by atoms with van der Waals surface area (Å²) in [5, 5.41) is 9.54. The minimum atomic E-state index is -0.0290. The van der Waals surface area contributed by atoms with Crippen molar-refractivity contribution in [1.29, 1.82) is 0 Å². The zero-order valence-electron chi connectivity index (χ0n) is 12.5. The van der Waals surface area contributed by atoms with Crippen LogP contribution in [0.2, 0.25) is 0 Å². The van der Waals surface area contributed by atoms with Crippen molar-refractivity contribution in [3.63, 3.8) is 0 Å². The van der Waals surface area contributed by atoms with E-state index in [4.69, 9.17) is 5.73 Å². The summed E-state index contributed by atoms with van der Waals surface area (Å²) in [6.07, 6.45) is 4.86. The Morgan fingerprint density at radius 1 is 1.35 bits per heavy atom. The fourth-order valence-electron chi connectivity index (χ4n) is 2.70. The Morgan fingerprint density at radius 3 is 2.80 bits per heavy atom. The van der Waals surface area contributed by atoms with E-state index in [0.29, 0.717) is 11.6 Å². The molecule has 3 N–H and O–H groups in total. The van der Waals surface area contributed by atoms with Gasteiger partial charge < -0.3 is 15.4 Å². The maximum atomic E-state index is 9.54. The van der Waals surface area contributed by atoms with E-state index < -0.39 is 0 Å². The molecule has 2 aromatic rings. The molecule has 0 aliphatic heterocycles. The van der Waals surface area contributed by atoms with E-state index in [0.717, 1.165) is 29.8 Å². The Bertz CT molecular complexity index is 562. The van der Waals surface area contributed by atoms with E-state index in [1.807, 2.05) is 18.2 Å². The molecule has 1 aromatic carbocycles. The second-order valence-corrected chi connectivity index (χ2v) is 5.46. The average Bonchev–Trinajstić information content (AvgIpc) is 2.80. The quantitative estimate of drug-likeness (QED) is 0.762. The van der Waals surface area contributed by atoms with Gasteiger partial charge in [0, 0.05) is 12.2 Å². The van der Waals surface area contributed by atoms with Gasteiger partial charge in [-0.25, -0.2) is 4.98 Å². The van der Waals surface area contributed by atoms with Gasteiger partial charge in [-0.1, -0.05) is 33.1 Å². The van der Waals surface area contributed by atoms with Crippen LogP contribution in [-0.4, -0.2) is 14.7 Å². The number of hydrogen-bond donors (Lipinski definition) is 2. The molecule has 0 spiro atoms. The summed E-state index contributed by atoms with van der Waals surface area (Å²) in [5.74, 6) is 1.37. The number of rotatable bonds is 7. The number of hydrogen-bond acceptors (Lipinski definition) is 3. The molecule has 110 valence electrons. The number of anilines is 1. The van der Waals surface area contributed by atoms with Crippen molar-refractivity contribution in [1.82, 2.24) is 9.55 Å². The number of nitrogens with two attached hydrogens (primary N) is 1. The van der Waals surface area contributed by atoms with Crippen LogP contribution in [0, 0.1) is 5.92 Å². The van der Waals surface area contributed by atoms with E-state index >= 15 is 0 Å². The van der Waals surface area contributed by atoms with Gasteiger partial charge in [0.05, 0.1) is 11.0 Å². The van der Waals surface area contributed by atoms with E-state index in [1.54, 1.807) is 0 Å². The molecule has 20 heavy (non-hydrogen) atoms. The Hall–Kier alpha value is -1.55. The summed E-state index contributed by atoms with van der Waals surface area (Å²) in [6, 6.07) is 5.77. The largest absolute Gasteiger partial charge is 0.399 e. The summed E-state index contributed by atoms with van der Waals surface area (Å²) >= 11 is 0. The van der Waals surface area contributed by atoms with Crippen molar-refractivity contribution in [3.05, 3.63) is 24.0 Å². The van der Waals surface area contributed by atoms with E-state index in [-0.39, 0.29) is 6.61 Å². The first kappa shape index (κ1) is 14.9. The molecule has 0 amide bonds. The Kier molecular flexibility index (Phi) is 5.01. The van der Waals surface area contributed by atoms with E-state index in [1.165, 1.54) is 19.3 Å². The third kappa shape index (κ3) is 3.12. The fourth-order valence-corrected chi connectivity index (χ4v) is 2.70. The van der Waals surface area contributed by atoms with Gasteiger partial charge >= 0.3 is 0 Å². The summed E-state index contributed by atoms with van der Waals surface area (Å²) in [7, 11) is 0. The standard InChI is InChI=1S/C16H25N3O/c1-3-5-6-12(4-2)10-19-15-8-7-13(17)9-14(15)18-16(19)11-20/h7-9,12,20H,3-6,10-11,17H2,1-2H3. The molecule has 0 aliphatic carbocycles. The number of aromatic nitrogens is 2. The van der Waals surface area contributed by atoms with Crippen LogP contribution in [0.5, 0.6) is 0 Å². The molecule has 0 bridgehead atoms. The van der Waals surface area contributed by atoms with E-state index in [2.05, 4.69) is 23.4 Å². The summed E-state index contributed by atoms with van der Waals surface area (Å²) in [4.78, 5) is 4.49. The number of aliphatic hydroxyl groups excluding tert-OH is 1. The molecule has 0 aliphatic rings. The molecule has 2 rings (SSSR count). The third-order valence-corrected chi connectivity index (χ3v) is 3.98. The molecule has 1 aromatic heterocycles. The van der Waals surface area contributed by atoms with Crippen LogP contribution < -0.4 is 5.73 Å². The normalized spacial score (nSPS) is 12.9. The van der Waals surface area contributed by atoms with Crippen LogP contribution >= 0.6 is 0 Å². The minimum absolute atomic E-state index is 0.0290. The Morgan fingerprint density at radius 2 is 2.15 bits per heavy atom. The van der Waals surface area contributed by atoms with Crippen LogP contribution in [0.4, 0.5) is 5.69 Å². The van der Waals surface area contributed by atoms with Gasteiger partial charge in [-0.15, -0.1) is 0 Å². The van der Waals surface area contributed by atoms with Gasteiger partial charge in [-0.05, 0) is 30.5 Å².